The molecule has 160 valence electrons. The molecule has 0 spiro atoms. The molecule has 2 aliphatic rings. The SMILES string of the molecule is COc1cccc(N2CCN(C(=O)[C@@H]3CCCN(c4cnn(C)c(=O)c4)C3)CC2)c1. The van der Waals surface area contributed by atoms with Crippen LogP contribution in [0.15, 0.2) is 41.3 Å². The zero-order chi connectivity index (χ0) is 21.1. The minimum Gasteiger partial charge on any atom is -0.497 e. The van der Waals surface area contributed by atoms with Gasteiger partial charge in [-0.1, -0.05) is 6.07 Å². The van der Waals surface area contributed by atoms with Gasteiger partial charge < -0.3 is 19.4 Å². The number of hydrogen-bond acceptors (Lipinski definition) is 6. The van der Waals surface area contributed by atoms with Crippen LogP contribution in [0.5, 0.6) is 5.75 Å². The lowest BCUT2D eigenvalue weighted by molar-refractivity contribution is -0.136. The topological polar surface area (TPSA) is 70.9 Å². The van der Waals surface area contributed by atoms with Gasteiger partial charge in [-0.2, -0.15) is 5.10 Å². The highest BCUT2D eigenvalue weighted by atomic mass is 16.5. The van der Waals surface area contributed by atoms with Crippen molar-refractivity contribution >= 4 is 17.3 Å². The summed E-state index contributed by atoms with van der Waals surface area (Å²) in [4.78, 5) is 31.5. The van der Waals surface area contributed by atoms with E-state index in [-0.39, 0.29) is 17.4 Å². The molecule has 0 saturated carbocycles. The molecule has 0 aliphatic carbocycles. The van der Waals surface area contributed by atoms with Crippen molar-refractivity contribution in [3.63, 3.8) is 0 Å². The second kappa shape index (κ2) is 8.77. The predicted molar refractivity (Wildman–Crippen MR) is 116 cm³/mol. The highest BCUT2D eigenvalue weighted by Crippen LogP contribution is 2.25. The quantitative estimate of drug-likeness (QED) is 0.757. The third-order valence-corrected chi connectivity index (χ3v) is 6.10. The smallest absolute Gasteiger partial charge is 0.268 e. The molecule has 1 aromatic carbocycles. The maximum Gasteiger partial charge on any atom is 0.268 e. The Kier molecular flexibility index (Phi) is 5.92. The highest BCUT2D eigenvalue weighted by Gasteiger charge is 2.31. The summed E-state index contributed by atoms with van der Waals surface area (Å²) in [7, 11) is 3.31. The molecular formula is C22H29N5O3. The zero-order valence-corrected chi connectivity index (χ0v) is 17.7. The monoisotopic (exact) mass is 411 g/mol. The van der Waals surface area contributed by atoms with Crippen LogP contribution in [-0.2, 0) is 11.8 Å². The van der Waals surface area contributed by atoms with Crippen molar-refractivity contribution in [2.75, 3.05) is 56.2 Å². The van der Waals surface area contributed by atoms with Crippen LogP contribution in [0.25, 0.3) is 0 Å². The van der Waals surface area contributed by atoms with Gasteiger partial charge in [0.2, 0.25) is 5.91 Å². The van der Waals surface area contributed by atoms with Gasteiger partial charge >= 0.3 is 0 Å². The van der Waals surface area contributed by atoms with Crippen LogP contribution in [-0.4, -0.2) is 67.0 Å². The fourth-order valence-electron chi connectivity index (χ4n) is 4.30. The first-order chi connectivity index (χ1) is 14.5. The van der Waals surface area contributed by atoms with Crippen molar-refractivity contribution in [3.05, 3.63) is 46.9 Å². The lowest BCUT2D eigenvalue weighted by Gasteiger charge is -2.40. The maximum absolute atomic E-state index is 13.2. The minimum atomic E-state index is -0.130. The van der Waals surface area contributed by atoms with Gasteiger partial charge in [-0.15, -0.1) is 0 Å². The fourth-order valence-corrected chi connectivity index (χ4v) is 4.30. The molecule has 1 aromatic heterocycles. The van der Waals surface area contributed by atoms with E-state index in [1.54, 1.807) is 26.4 Å². The average Bonchev–Trinajstić information content (AvgIpc) is 2.80. The first-order valence-corrected chi connectivity index (χ1v) is 10.5. The molecule has 0 N–H and O–H groups in total. The Morgan fingerprint density at radius 3 is 2.60 bits per heavy atom. The summed E-state index contributed by atoms with van der Waals surface area (Å²) in [5, 5.41) is 4.12. The lowest BCUT2D eigenvalue weighted by atomic mass is 9.96. The van der Waals surface area contributed by atoms with E-state index in [9.17, 15) is 9.59 Å². The Hall–Kier alpha value is -3.03. The van der Waals surface area contributed by atoms with Gasteiger partial charge in [0.15, 0.2) is 0 Å². The number of ether oxygens (including phenoxy) is 1. The summed E-state index contributed by atoms with van der Waals surface area (Å²) in [5.41, 5.74) is 1.80. The molecule has 2 saturated heterocycles. The van der Waals surface area contributed by atoms with Gasteiger partial charge in [0.25, 0.3) is 5.56 Å². The molecule has 2 fully saturated rings. The number of piperazine rings is 1. The average molecular weight is 412 g/mol. The van der Waals surface area contributed by atoms with Gasteiger partial charge in [0.05, 0.1) is 24.9 Å². The number of amides is 1. The van der Waals surface area contributed by atoms with Crippen molar-refractivity contribution in [1.82, 2.24) is 14.7 Å². The molecule has 8 heteroatoms. The van der Waals surface area contributed by atoms with E-state index in [0.29, 0.717) is 6.54 Å². The van der Waals surface area contributed by atoms with Crippen LogP contribution in [0, 0.1) is 5.92 Å². The van der Waals surface area contributed by atoms with Crippen molar-refractivity contribution in [3.8, 4) is 5.75 Å². The van der Waals surface area contributed by atoms with Crippen molar-refractivity contribution in [2.24, 2.45) is 13.0 Å². The molecule has 0 radical (unpaired) electrons. The number of carbonyl (C=O) groups excluding carboxylic acids is 1. The Morgan fingerprint density at radius 2 is 1.87 bits per heavy atom. The zero-order valence-electron chi connectivity index (χ0n) is 17.7. The number of piperidine rings is 1. The molecule has 8 nitrogen and oxygen atoms in total. The van der Waals surface area contributed by atoms with E-state index in [4.69, 9.17) is 4.74 Å². The second-order valence-electron chi connectivity index (χ2n) is 7.97. The summed E-state index contributed by atoms with van der Waals surface area (Å²) in [5.74, 6) is 1.03. The molecule has 1 atom stereocenters. The summed E-state index contributed by atoms with van der Waals surface area (Å²) >= 11 is 0. The molecule has 0 unspecified atom stereocenters. The molecule has 4 rings (SSSR count). The molecule has 0 bridgehead atoms. The third kappa shape index (κ3) is 4.27. The third-order valence-electron chi connectivity index (χ3n) is 6.10. The van der Waals surface area contributed by atoms with Crippen LogP contribution < -0.4 is 20.1 Å². The molecule has 3 heterocycles. The number of aryl methyl sites for hydroxylation is 1. The number of hydrogen-bond donors (Lipinski definition) is 0. The number of nitrogens with zero attached hydrogens (tertiary/aromatic N) is 5. The van der Waals surface area contributed by atoms with Gasteiger partial charge in [-0.25, -0.2) is 4.68 Å². The Bertz CT molecular complexity index is 952. The van der Waals surface area contributed by atoms with E-state index >= 15 is 0 Å². The first-order valence-electron chi connectivity index (χ1n) is 10.5. The molecular weight excluding hydrogens is 382 g/mol. The van der Waals surface area contributed by atoms with E-state index in [0.717, 1.165) is 62.7 Å². The van der Waals surface area contributed by atoms with Crippen molar-refractivity contribution < 1.29 is 9.53 Å². The molecule has 2 aliphatic heterocycles. The number of rotatable bonds is 4. The van der Waals surface area contributed by atoms with E-state index in [1.807, 2.05) is 23.1 Å². The largest absolute Gasteiger partial charge is 0.497 e. The summed E-state index contributed by atoms with van der Waals surface area (Å²) < 4.78 is 6.64. The summed E-state index contributed by atoms with van der Waals surface area (Å²) in [6.45, 7) is 4.56. The first kappa shape index (κ1) is 20.3. The van der Waals surface area contributed by atoms with Crippen LogP contribution in [0.2, 0.25) is 0 Å². The molecule has 2 aromatic rings. The number of anilines is 2. The maximum atomic E-state index is 13.2. The van der Waals surface area contributed by atoms with Crippen LogP contribution in [0.4, 0.5) is 11.4 Å². The van der Waals surface area contributed by atoms with E-state index in [2.05, 4.69) is 21.0 Å². The van der Waals surface area contributed by atoms with Gasteiger partial charge in [0.1, 0.15) is 5.75 Å². The fraction of sp³-hybridized carbons (Fsp3) is 0.500. The van der Waals surface area contributed by atoms with Crippen LogP contribution >= 0.6 is 0 Å². The summed E-state index contributed by atoms with van der Waals surface area (Å²) in [6, 6.07) is 9.66. The van der Waals surface area contributed by atoms with Gasteiger partial charge in [-0.05, 0) is 25.0 Å². The van der Waals surface area contributed by atoms with Crippen molar-refractivity contribution in [2.45, 2.75) is 12.8 Å². The van der Waals surface area contributed by atoms with Crippen LogP contribution in [0.1, 0.15) is 12.8 Å². The van der Waals surface area contributed by atoms with Crippen molar-refractivity contribution in [1.29, 1.82) is 0 Å². The minimum absolute atomic E-state index is 0.0359. The molecule has 30 heavy (non-hydrogen) atoms. The second-order valence-corrected chi connectivity index (χ2v) is 7.97. The normalized spacial score (nSPS) is 19.7. The Morgan fingerprint density at radius 1 is 1.07 bits per heavy atom. The van der Waals surface area contributed by atoms with Gasteiger partial charge in [0, 0.05) is 64.1 Å². The Balaban J connectivity index is 1.36. The highest BCUT2D eigenvalue weighted by molar-refractivity contribution is 5.80. The number of carbonyl (C=O) groups is 1. The van der Waals surface area contributed by atoms with E-state index in [1.165, 1.54) is 4.68 Å². The van der Waals surface area contributed by atoms with Gasteiger partial charge in [-0.3, -0.25) is 9.59 Å². The standard InChI is InChI=1S/C22H29N5O3/c1-24-21(28)14-19(15-23-24)27-8-4-5-17(16-27)22(29)26-11-9-25(10-12-26)18-6-3-7-20(13-18)30-2/h3,6-7,13-15,17H,4-5,8-12,16H2,1-2H3/t17-/m1/s1. The van der Waals surface area contributed by atoms with Crippen LogP contribution in [0.3, 0.4) is 0 Å². The predicted octanol–water partition coefficient (Wildman–Crippen LogP) is 1.35. The van der Waals surface area contributed by atoms with E-state index < -0.39 is 0 Å². The number of benzene rings is 1. The number of methoxy groups -OCH3 is 1. The Labute approximate surface area is 176 Å². The molecule has 1 amide bonds. The lowest BCUT2D eigenvalue weighted by Crippen LogP contribution is -2.52. The summed E-state index contributed by atoms with van der Waals surface area (Å²) in [6.07, 6.45) is 3.54. The number of aromatic nitrogens is 2.